The Morgan fingerprint density at radius 2 is 2.36 bits per heavy atom. The molecule has 0 amide bonds. The zero-order chi connectivity index (χ0) is 10.4. The molecule has 3 nitrogen and oxygen atoms in total. The second kappa shape index (κ2) is 5.75. The largest absolute Gasteiger partial charge is 0.375 e. The topological polar surface area (TPSA) is 56.0 Å². The molecule has 0 fully saturated rings. The van der Waals surface area contributed by atoms with Gasteiger partial charge in [0, 0.05) is 18.2 Å². The molecule has 1 rings (SSSR count). The number of carbonyl (C=O) groups is 1. The van der Waals surface area contributed by atoms with E-state index in [1.54, 1.807) is 0 Å². The van der Waals surface area contributed by atoms with Crippen LogP contribution in [0.25, 0.3) is 0 Å². The Kier molecular flexibility index (Phi) is 4.59. The zero-order valence-electron chi connectivity index (χ0n) is 8.45. The van der Waals surface area contributed by atoms with Crippen LogP contribution < -0.4 is 5.73 Å². The van der Waals surface area contributed by atoms with Crippen LogP contribution in [0.2, 0.25) is 0 Å². The molecular formula is C10H16N2OS. The molecule has 4 heteroatoms. The van der Waals surface area contributed by atoms with E-state index in [1.165, 1.54) is 11.3 Å². The lowest BCUT2D eigenvalue weighted by atomic mass is 10.1. The summed E-state index contributed by atoms with van der Waals surface area (Å²) in [5.74, 6) is 0.267. The summed E-state index contributed by atoms with van der Waals surface area (Å²) in [6.45, 7) is 2.13. The number of ketones is 1. The van der Waals surface area contributed by atoms with E-state index in [2.05, 4.69) is 11.9 Å². The van der Waals surface area contributed by atoms with Crippen molar-refractivity contribution in [3.05, 3.63) is 11.1 Å². The van der Waals surface area contributed by atoms with Gasteiger partial charge in [0.15, 0.2) is 5.13 Å². The molecule has 1 heterocycles. The Morgan fingerprint density at radius 3 is 2.93 bits per heavy atom. The van der Waals surface area contributed by atoms with Crippen molar-refractivity contribution in [2.75, 3.05) is 5.73 Å². The first kappa shape index (κ1) is 11.2. The smallest absolute Gasteiger partial charge is 0.180 e. The summed E-state index contributed by atoms with van der Waals surface area (Å²) >= 11 is 1.39. The molecule has 0 radical (unpaired) electrons. The summed E-state index contributed by atoms with van der Waals surface area (Å²) < 4.78 is 0. The number of aromatic nitrogens is 1. The number of anilines is 1. The number of nitrogens with zero attached hydrogens (tertiary/aromatic N) is 1. The number of carbonyl (C=O) groups excluding carboxylic acids is 1. The lowest BCUT2D eigenvalue weighted by Gasteiger charge is -1.97. The highest BCUT2D eigenvalue weighted by molar-refractivity contribution is 7.13. The van der Waals surface area contributed by atoms with E-state index in [4.69, 9.17) is 5.73 Å². The van der Waals surface area contributed by atoms with Gasteiger partial charge in [0.05, 0.1) is 5.69 Å². The van der Waals surface area contributed by atoms with Crippen molar-refractivity contribution in [3.63, 3.8) is 0 Å². The Labute approximate surface area is 88.3 Å². The van der Waals surface area contributed by atoms with Crippen LogP contribution >= 0.6 is 11.3 Å². The Bertz CT molecular complexity index is 296. The molecule has 0 aliphatic heterocycles. The van der Waals surface area contributed by atoms with Gasteiger partial charge >= 0.3 is 0 Å². The molecule has 0 aromatic carbocycles. The van der Waals surface area contributed by atoms with Crippen LogP contribution in [-0.4, -0.2) is 10.8 Å². The van der Waals surface area contributed by atoms with Gasteiger partial charge in [0.1, 0.15) is 5.78 Å². The van der Waals surface area contributed by atoms with E-state index in [0.29, 0.717) is 18.0 Å². The van der Waals surface area contributed by atoms with Crippen LogP contribution in [0.1, 0.15) is 38.3 Å². The maximum atomic E-state index is 11.4. The number of Topliss-reactive ketones (excluding diaryl/α,β-unsaturated/α-hetero) is 1. The van der Waals surface area contributed by atoms with Gasteiger partial charge in [-0.25, -0.2) is 4.98 Å². The van der Waals surface area contributed by atoms with Crippen LogP contribution in [0.5, 0.6) is 0 Å². The molecule has 0 aliphatic carbocycles. The normalized spacial score (nSPS) is 10.4. The van der Waals surface area contributed by atoms with Gasteiger partial charge in [0.2, 0.25) is 0 Å². The number of rotatable bonds is 6. The molecular weight excluding hydrogens is 196 g/mol. The molecule has 0 saturated heterocycles. The van der Waals surface area contributed by atoms with Crippen LogP contribution in [0.3, 0.4) is 0 Å². The van der Waals surface area contributed by atoms with Crippen molar-refractivity contribution >= 4 is 22.3 Å². The predicted molar refractivity (Wildman–Crippen MR) is 59.4 cm³/mol. The number of thiazole rings is 1. The van der Waals surface area contributed by atoms with E-state index in [0.717, 1.165) is 25.0 Å². The van der Waals surface area contributed by atoms with Crippen LogP contribution in [-0.2, 0) is 11.2 Å². The SMILES string of the molecule is CCCCCC(=O)Cc1csc(N)n1. The standard InChI is InChI=1S/C10H16N2OS/c1-2-3-4-5-9(13)6-8-7-14-10(11)12-8/h7H,2-6H2,1H3,(H2,11,12). The predicted octanol–water partition coefficient (Wildman–Crippen LogP) is 2.42. The first-order valence-corrected chi connectivity index (χ1v) is 5.82. The zero-order valence-corrected chi connectivity index (χ0v) is 9.27. The molecule has 0 saturated carbocycles. The van der Waals surface area contributed by atoms with Gasteiger partial charge in [-0.05, 0) is 6.42 Å². The molecule has 0 bridgehead atoms. The van der Waals surface area contributed by atoms with E-state index in [-0.39, 0.29) is 5.78 Å². The van der Waals surface area contributed by atoms with E-state index < -0.39 is 0 Å². The summed E-state index contributed by atoms with van der Waals surface area (Å²) in [5.41, 5.74) is 6.29. The average Bonchev–Trinajstić information content (AvgIpc) is 2.52. The van der Waals surface area contributed by atoms with Crippen LogP contribution in [0, 0.1) is 0 Å². The fourth-order valence-corrected chi connectivity index (χ4v) is 1.83. The number of nitrogens with two attached hydrogens (primary N) is 1. The van der Waals surface area contributed by atoms with Gasteiger partial charge in [0.25, 0.3) is 0 Å². The van der Waals surface area contributed by atoms with Crippen LogP contribution in [0.15, 0.2) is 5.38 Å². The maximum Gasteiger partial charge on any atom is 0.180 e. The number of unbranched alkanes of at least 4 members (excludes halogenated alkanes) is 2. The van der Waals surface area contributed by atoms with Gasteiger partial charge in [-0.2, -0.15) is 0 Å². The average molecular weight is 212 g/mol. The Hall–Kier alpha value is -0.900. The third-order valence-corrected chi connectivity index (χ3v) is 2.73. The second-order valence-electron chi connectivity index (χ2n) is 3.35. The molecule has 14 heavy (non-hydrogen) atoms. The quantitative estimate of drug-likeness (QED) is 0.737. The van der Waals surface area contributed by atoms with E-state index >= 15 is 0 Å². The summed E-state index contributed by atoms with van der Waals surface area (Å²) in [6.07, 6.45) is 4.39. The van der Waals surface area contributed by atoms with Gasteiger partial charge in [-0.15, -0.1) is 11.3 Å². The number of hydrogen-bond acceptors (Lipinski definition) is 4. The van der Waals surface area contributed by atoms with E-state index in [1.807, 2.05) is 5.38 Å². The molecule has 1 aromatic rings. The highest BCUT2D eigenvalue weighted by atomic mass is 32.1. The monoisotopic (exact) mass is 212 g/mol. The van der Waals surface area contributed by atoms with Crippen molar-refractivity contribution in [1.29, 1.82) is 0 Å². The summed E-state index contributed by atoms with van der Waals surface area (Å²) in [7, 11) is 0. The lowest BCUT2D eigenvalue weighted by Crippen LogP contribution is -2.02. The fourth-order valence-electron chi connectivity index (χ4n) is 1.27. The summed E-state index contributed by atoms with van der Waals surface area (Å²) in [5, 5.41) is 2.40. The molecule has 0 spiro atoms. The summed E-state index contributed by atoms with van der Waals surface area (Å²) in [4.78, 5) is 15.5. The highest BCUT2D eigenvalue weighted by Crippen LogP contribution is 2.12. The van der Waals surface area contributed by atoms with Crippen molar-refractivity contribution in [1.82, 2.24) is 4.98 Å². The third kappa shape index (κ3) is 3.87. The fraction of sp³-hybridized carbons (Fsp3) is 0.600. The maximum absolute atomic E-state index is 11.4. The molecule has 0 unspecified atom stereocenters. The van der Waals surface area contributed by atoms with Crippen molar-refractivity contribution in [3.8, 4) is 0 Å². The van der Waals surface area contributed by atoms with Gasteiger partial charge < -0.3 is 5.73 Å². The highest BCUT2D eigenvalue weighted by Gasteiger charge is 2.05. The van der Waals surface area contributed by atoms with E-state index in [9.17, 15) is 4.79 Å². The molecule has 1 aromatic heterocycles. The molecule has 2 N–H and O–H groups in total. The molecule has 0 atom stereocenters. The Balaban J connectivity index is 2.27. The van der Waals surface area contributed by atoms with Crippen molar-refractivity contribution < 1.29 is 4.79 Å². The minimum Gasteiger partial charge on any atom is -0.375 e. The molecule has 0 aliphatic rings. The van der Waals surface area contributed by atoms with Gasteiger partial charge in [-0.3, -0.25) is 4.79 Å². The van der Waals surface area contributed by atoms with Crippen molar-refractivity contribution in [2.45, 2.75) is 39.0 Å². The first-order valence-electron chi connectivity index (χ1n) is 4.94. The summed E-state index contributed by atoms with van der Waals surface area (Å²) in [6, 6.07) is 0. The third-order valence-electron chi connectivity index (χ3n) is 2.01. The molecule has 78 valence electrons. The van der Waals surface area contributed by atoms with Crippen molar-refractivity contribution in [2.24, 2.45) is 0 Å². The minimum atomic E-state index is 0.267. The lowest BCUT2D eigenvalue weighted by molar-refractivity contribution is -0.118. The number of nitrogen functional groups attached to an aromatic ring is 1. The van der Waals surface area contributed by atoms with Gasteiger partial charge in [-0.1, -0.05) is 19.8 Å². The number of hydrogen-bond donors (Lipinski definition) is 1. The Morgan fingerprint density at radius 1 is 1.57 bits per heavy atom. The van der Waals surface area contributed by atoms with Crippen LogP contribution in [0.4, 0.5) is 5.13 Å². The second-order valence-corrected chi connectivity index (χ2v) is 4.24. The minimum absolute atomic E-state index is 0.267. The first-order chi connectivity index (χ1) is 6.72.